The van der Waals surface area contributed by atoms with Crippen LogP contribution >= 0.6 is 27.5 Å². The number of hydrogen-bond acceptors (Lipinski definition) is 3. The van der Waals surface area contributed by atoms with E-state index in [0.29, 0.717) is 16.0 Å². The third-order valence-corrected chi connectivity index (χ3v) is 4.07. The van der Waals surface area contributed by atoms with Crippen molar-refractivity contribution in [3.63, 3.8) is 0 Å². The van der Waals surface area contributed by atoms with E-state index in [-0.39, 0.29) is 11.7 Å². The van der Waals surface area contributed by atoms with Gasteiger partial charge in [-0.1, -0.05) is 29.8 Å². The van der Waals surface area contributed by atoms with E-state index in [4.69, 9.17) is 11.6 Å². The molecule has 2 aromatic rings. The highest BCUT2D eigenvalue weighted by Crippen LogP contribution is 2.26. The summed E-state index contributed by atoms with van der Waals surface area (Å²) in [5.74, 6) is 0. The molecule has 4 nitrogen and oxygen atoms in total. The summed E-state index contributed by atoms with van der Waals surface area (Å²) < 4.78 is 0.485. The van der Waals surface area contributed by atoms with E-state index in [1.54, 1.807) is 12.1 Å². The zero-order chi connectivity index (χ0) is 15.4. The molecule has 0 radical (unpaired) electrons. The summed E-state index contributed by atoms with van der Waals surface area (Å²) in [6, 6.07) is 12.9. The Balaban J connectivity index is 2.06. The van der Waals surface area contributed by atoms with Gasteiger partial charge in [-0.25, -0.2) is 0 Å². The third kappa shape index (κ3) is 4.27. The molecule has 6 heteroatoms. The van der Waals surface area contributed by atoms with Gasteiger partial charge in [0.1, 0.15) is 0 Å². The van der Waals surface area contributed by atoms with Crippen molar-refractivity contribution in [2.24, 2.45) is 0 Å². The summed E-state index contributed by atoms with van der Waals surface area (Å²) in [6.45, 7) is 2.57. The molecule has 2 rings (SSSR count). The van der Waals surface area contributed by atoms with Crippen LogP contribution in [0.2, 0.25) is 5.02 Å². The van der Waals surface area contributed by atoms with E-state index in [1.807, 2.05) is 37.3 Å². The molecule has 1 atom stereocenters. The quantitative estimate of drug-likeness (QED) is 0.605. The number of rotatable bonds is 5. The lowest BCUT2D eigenvalue weighted by Gasteiger charge is -2.14. The maximum absolute atomic E-state index is 10.9. The first-order chi connectivity index (χ1) is 9.97. The summed E-state index contributed by atoms with van der Waals surface area (Å²) in [4.78, 5) is 10.5. The second-order valence-corrected chi connectivity index (χ2v) is 5.99. The van der Waals surface area contributed by atoms with Gasteiger partial charge in [-0.3, -0.25) is 10.1 Å². The minimum absolute atomic E-state index is 0.0738. The molecule has 2 aromatic carbocycles. The maximum atomic E-state index is 10.9. The molecule has 0 saturated heterocycles. The van der Waals surface area contributed by atoms with Gasteiger partial charge < -0.3 is 5.32 Å². The molecular formula is C15H14BrClN2O2. The van der Waals surface area contributed by atoms with Gasteiger partial charge in [0.15, 0.2) is 0 Å². The number of nitro groups is 1. The monoisotopic (exact) mass is 368 g/mol. The van der Waals surface area contributed by atoms with E-state index < -0.39 is 4.92 Å². The zero-order valence-corrected chi connectivity index (χ0v) is 13.7. The van der Waals surface area contributed by atoms with Crippen LogP contribution in [0.1, 0.15) is 24.1 Å². The molecule has 21 heavy (non-hydrogen) atoms. The molecule has 0 amide bonds. The van der Waals surface area contributed by atoms with E-state index in [1.165, 1.54) is 0 Å². The van der Waals surface area contributed by atoms with Crippen molar-refractivity contribution in [3.05, 3.63) is 73.2 Å². The Labute approximate surface area is 136 Å². The number of nitrogens with zero attached hydrogens (tertiary/aromatic N) is 1. The smallest absolute Gasteiger partial charge is 0.283 e. The molecule has 0 aromatic heterocycles. The van der Waals surface area contributed by atoms with Gasteiger partial charge in [0.2, 0.25) is 0 Å². The fourth-order valence-corrected chi connectivity index (χ4v) is 2.56. The number of nitrogens with one attached hydrogen (secondary N) is 1. The second kappa shape index (κ2) is 7.02. The average molecular weight is 370 g/mol. The fraction of sp³-hybridized carbons (Fsp3) is 0.200. The van der Waals surface area contributed by atoms with Crippen molar-refractivity contribution in [2.75, 3.05) is 0 Å². The highest BCUT2D eigenvalue weighted by molar-refractivity contribution is 9.10. The van der Waals surface area contributed by atoms with Crippen LogP contribution in [-0.2, 0) is 6.54 Å². The van der Waals surface area contributed by atoms with Crippen molar-refractivity contribution in [3.8, 4) is 0 Å². The number of benzene rings is 2. The Bertz CT molecular complexity index is 664. The van der Waals surface area contributed by atoms with Crippen LogP contribution in [-0.4, -0.2) is 4.92 Å². The number of halogens is 2. The summed E-state index contributed by atoms with van der Waals surface area (Å²) >= 11 is 9.15. The van der Waals surface area contributed by atoms with Crippen LogP contribution in [0, 0.1) is 10.1 Å². The lowest BCUT2D eigenvalue weighted by molar-refractivity contribution is -0.385. The van der Waals surface area contributed by atoms with Crippen LogP contribution in [0.5, 0.6) is 0 Å². The standard InChI is InChI=1S/C15H14BrClN2O2/c1-10(12-3-2-4-13(17)8-12)18-9-11-5-6-14(16)15(7-11)19(20)21/h2-8,10,18H,9H2,1H3. The van der Waals surface area contributed by atoms with Gasteiger partial charge >= 0.3 is 0 Å². The minimum atomic E-state index is -0.395. The normalized spacial score (nSPS) is 12.1. The molecule has 0 spiro atoms. The Kier molecular flexibility index (Phi) is 5.33. The van der Waals surface area contributed by atoms with Crippen LogP contribution in [0.15, 0.2) is 46.9 Å². The average Bonchev–Trinajstić information content (AvgIpc) is 2.45. The number of hydrogen-bond donors (Lipinski definition) is 1. The largest absolute Gasteiger partial charge is 0.306 e. The molecule has 1 unspecified atom stereocenters. The molecule has 0 aliphatic carbocycles. The van der Waals surface area contributed by atoms with Crippen molar-refractivity contribution >= 4 is 33.2 Å². The second-order valence-electron chi connectivity index (χ2n) is 4.70. The van der Waals surface area contributed by atoms with E-state index >= 15 is 0 Å². The molecular weight excluding hydrogens is 356 g/mol. The molecule has 0 fully saturated rings. The van der Waals surface area contributed by atoms with Gasteiger partial charge in [0.25, 0.3) is 5.69 Å². The van der Waals surface area contributed by atoms with Gasteiger partial charge in [-0.2, -0.15) is 0 Å². The first-order valence-electron chi connectivity index (χ1n) is 6.39. The Morgan fingerprint density at radius 1 is 1.33 bits per heavy atom. The highest BCUT2D eigenvalue weighted by Gasteiger charge is 2.13. The summed E-state index contributed by atoms with van der Waals surface area (Å²) in [6.07, 6.45) is 0. The molecule has 0 saturated carbocycles. The number of nitro benzene ring substituents is 1. The Morgan fingerprint density at radius 2 is 2.10 bits per heavy atom. The Morgan fingerprint density at radius 3 is 2.76 bits per heavy atom. The molecule has 0 bridgehead atoms. The predicted octanol–water partition coefficient (Wildman–Crippen LogP) is 4.86. The fourth-order valence-electron chi connectivity index (χ4n) is 1.97. The topological polar surface area (TPSA) is 55.2 Å². The van der Waals surface area contributed by atoms with Crippen molar-refractivity contribution in [2.45, 2.75) is 19.5 Å². The Hall–Kier alpha value is -1.43. The first-order valence-corrected chi connectivity index (χ1v) is 7.56. The van der Waals surface area contributed by atoms with Crippen LogP contribution in [0.25, 0.3) is 0 Å². The van der Waals surface area contributed by atoms with Gasteiger partial charge in [-0.05, 0) is 52.2 Å². The van der Waals surface area contributed by atoms with Gasteiger partial charge in [0.05, 0.1) is 9.40 Å². The third-order valence-electron chi connectivity index (χ3n) is 3.17. The van der Waals surface area contributed by atoms with Crippen LogP contribution in [0.4, 0.5) is 5.69 Å². The zero-order valence-electron chi connectivity index (χ0n) is 11.3. The predicted molar refractivity (Wildman–Crippen MR) is 87.5 cm³/mol. The molecule has 1 N–H and O–H groups in total. The van der Waals surface area contributed by atoms with Crippen LogP contribution < -0.4 is 5.32 Å². The lowest BCUT2D eigenvalue weighted by Crippen LogP contribution is -2.18. The van der Waals surface area contributed by atoms with Gasteiger partial charge in [0, 0.05) is 23.7 Å². The van der Waals surface area contributed by atoms with Crippen molar-refractivity contribution < 1.29 is 4.92 Å². The summed E-state index contributed by atoms with van der Waals surface area (Å²) in [7, 11) is 0. The SMILES string of the molecule is CC(NCc1ccc(Br)c([N+](=O)[O-])c1)c1cccc(Cl)c1. The maximum Gasteiger partial charge on any atom is 0.283 e. The summed E-state index contributed by atoms with van der Waals surface area (Å²) in [5.41, 5.74) is 2.01. The minimum Gasteiger partial charge on any atom is -0.306 e. The van der Waals surface area contributed by atoms with Crippen LogP contribution in [0.3, 0.4) is 0 Å². The van der Waals surface area contributed by atoms with Crippen molar-refractivity contribution in [1.29, 1.82) is 0 Å². The van der Waals surface area contributed by atoms with E-state index in [9.17, 15) is 10.1 Å². The summed E-state index contributed by atoms with van der Waals surface area (Å²) in [5, 5.41) is 14.9. The van der Waals surface area contributed by atoms with Crippen molar-refractivity contribution in [1.82, 2.24) is 5.32 Å². The molecule has 0 aliphatic heterocycles. The first kappa shape index (κ1) is 15.9. The lowest BCUT2D eigenvalue weighted by atomic mass is 10.1. The van der Waals surface area contributed by atoms with E-state index in [2.05, 4.69) is 21.2 Å². The molecule has 110 valence electrons. The van der Waals surface area contributed by atoms with E-state index in [0.717, 1.165) is 11.1 Å². The molecule has 0 heterocycles. The highest BCUT2D eigenvalue weighted by atomic mass is 79.9. The molecule has 0 aliphatic rings. The van der Waals surface area contributed by atoms with Gasteiger partial charge in [-0.15, -0.1) is 0 Å².